The minimum absolute atomic E-state index is 0. The number of methoxy groups -OCH3 is 1. The van der Waals surface area contributed by atoms with Gasteiger partial charge in [-0.2, -0.15) is 13.2 Å². The van der Waals surface area contributed by atoms with E-state index in [1.807, 2.05) is 0 Å². The number of ether oxygens (including phenoxy) is 1. The SMILES string of the molecule is COCCNCCNS(=O)(=O)c1ccc(C(F)(F)F)cc1Cl.Cl. The number of benzene rings is 1. The average molecular weight is 397 g/mol. The molecule has 0 radical (unpaired) electrons. The van der Waals surface area contributed by atoms with Crippen LogP contribution in [0.1, 0.15) is 5.56 Å². The predicted molar refractivity (Wildman–Crippen MR) is 83.6 cm³/mol. The van der Waals surface area contributed by atoms with Crippen molar-refractivity contribution in [2.24, 2.45) is 0 Å². The molecule has 0 aliphatic carbocycles. The zero-order chi connectivity index (χ0) is 16.8. The van der Waals surface area contributed by atoms with Crippen LogP contribution in [0, 0.1) is 0 Å². The lowest BCUT2D eigenvalue weighted by molar-refractivity contribution is -0.137. The Bertz CT molecular complexity index is 598. The largest absolute Gasteiger partial charge is 0.416 e. The van der Waals surface area contributed by atoms with Crippen LogP contribution >= 0.6 is 24.0 Å². The maximum absolute atomic E-state index is 12.5. The van der Waals surface area contributed by atoms with Crippen molar-refractivity contribution >= 4 is 34.0 Å². The molecule has 0 atom stereocenters. The minimum atomic E-state index is -4.58. The summed E-state index contributed by atoms with van der Waals surface area (Å²) >= 11 is 5.65. The standard InChI is InChI=1S/C12H16ClF3N2O3S.ClH/c1-21-7-6-17-4-5-18-22(19,20)11-3-2-9(8-10(11)13)12(14,15)16;/h2-3,8,17-18H,4-7H2,1H3;1H. The third-order valence-corrected chi connectivity index (χ3v) is 4.57. The fraction of sp³-hybridized carbons (Fsp3) is 0.500. The molecule has 0 heterocycles. The summed E-state index contributed by atoms with van der Waals surface area (Å²) in [6.45, 7) is 1.46. The molecule has 0 saturated heterocycles. The molecule has 0 bridgehead atoms. The van der Waals surface area contributed by atoms with Crippen molar-refractivity contribution in [1.29, 1.82) is 0 Å². The molecule has 1 rings (SSSR count). The first kappa shape index (κ1) is 22.4. The van der Waals surface area contributed by atoms with Gasteiger partial charge in [0.1, 0.15) is 4.90 Å². The van der Waals surface area contributed by atoms with Gasteiger partial charge in [-0.05, 0) is 18.2 Å². The number of hydrogen-bond acceptors (Lipinski definition) is 4. The maximum atomic E-state index is 12.5. The molecule has 0 fully saturated rings. The van der Waals surface area contributed by atoms with Crippen molar-refractivity contribution in [2.45, 2.75) is 11.1 Å². The minimum Gasteiger partial charge on any atom is -0.383 e. The zero-order valence-electron chi connectivity index (χ0n) is 12.1. The van der Waals surface area contributed by atoms with E-state index in [0.29, 0.717) is 31.8 Å². The Morgan fingerprint density at radius 3 is 2.39 bits per heavy atom. The molecule has 0 spiro atoms. The van der Waals surface area contributed by atoms with Gasteiger partial charge in [0.05, 0.1) is 17.2 Å². The lowest BCUT2D eigenvalue weighted by Crippen LogP contribution is -2.33. The van der Waals surface area contributed by atoms with Crippen LogP contribution in [-0.4, -0.2) is 41.8 Å². The molecule has 5 nitrogen and oxygen atoms in total. The van der Waals surface area contributed by atoms with Gasteiger partial charge in [-0.25, -0.2) is 13.1 Å². The number of halogens is 5. The molecule has 0 aliphatic heterocycles. The van der Waals surface area contributed by atoms with Gasteiger partial charge in [-0.15, -0.1) is 12.4 Å². The molecule has 0 saturated carbocycles. The highest BCUT2D eigenvalue weighted by Gasteiger charge is 2.32. The quantitative estimate of drug-likeness (QED) is 0.661. The van der Waals surface area contributed by atoms with E-state index in [9.17, 15) is 21.6 Å². The van der Waals surface area contributed by atoms with E-state index in [1.54, 1.807) is 0 Å². The summed E-state index contributed by atoms with van der Waals surface area (Å²) in [5.74, 6) is 0. The van der Waals surface area contributed by atoms with Crippen LogP contribution in [0.2, 0.25) is 5.02 Å². The number of alkyl halides is 3. The molecule has 1 aromatic carbocycles. The van der Waals surface area contributed by atoms with Gasteiger partial charge in [0.15, 0.2) is 0 Å². The molecular weight excluding hydrogens is 380 g/mol. The van der Waals surface area contributed by atoms with Crippen LogP contribution in [0.5, 0.6) is 0 Å². The Balaban J connectivity index is 0.00000484. The molecule has 2 N–H and O–H groups in total. The van der Waals surface area contributed by atoms with Gasteiger partial charge >= 0.3 is 6.18 Å². The second-order valence-corrected chi connectivity index (χ2v) is 6.43. The first-order valence-corrected chi connectivity index (χ1v) is 8.10. The van der Waals surface area contributed by atoms with E-state index in [-0.39, 0.29) is 23.8 Å². The van der Waals surface area contributed by atoms with Gasteiger partial charge in [-0.3, -0.25) is 0 Å². The Labute approximate surface area is 144 Å². The van der Waals surface area contributed by atoms with Gasteiger partial charge in [0.2, 0.25) is 10.0 Å². The van der Waals surface area contributed by atoms with Crippen molar-refractivity contribution in [3.63, 3.8) is 0 Å². The highest BCUT2D eigenvalue weighted by atomic mass is 35.5. The first-order valence-electron chi connectivity index (χ1n) is 6.24. The fourth-order valence-corrected chi connectivity index (χ4v) is 3.12. The molecule has 0 aromatic heterocycles. The normalized spacial score (nSPS) is 12.0. The summed E-state index contributed by atoms with van der Waals surface area (Å²) in [5, 5.41) is 2.44. The third kappa shape index (κ3) is 7.23. The summed E-state index contributed by atoms with van der Waals surface area (Å²) in [7, 11) is -2.43. The van der Waals surface area contributed by atoms with E-state index in [2.05, 4.69) is 10.0 Å². The molecule has 23 heavy (non-hydrogen) atoms. The fourth-order valence-electron chi connectivity index (χ4n) is 1.55. The third-order valence-electron chi connectivity index (χ3n) is 2.63. The second-order valence-electron chi connectivity index (χ2n) is 4.28. The Kier molecular flexibility index (Phi) is 9.41. The van der Waals surface area contributed by atoms with Gasteiger partial charge in [0, 0.05) is 26.7 Å². The molecule has 134 valence electrons. The second kappa shape index (κ2) is 9.65. The monoisotopic (exact) mass is 396 g/mol. The smallest absolute Gasteiger partial charge is 0.383 e. The maximum Gasteiger partial charge on any atom is 0.416 e. The van der Waals surface area contributed by atoms with E-state index >= 15 is 0 Å². The van der Waals surface area contributed by atoms with Crippen molar-refractivity contribution in [3.05, 3.63) is 28.8 Å². The van der Waals surface area contributed by atoms with Crippen molar-refractivity contribution < 1.29 is 26.3 Å². The summed E-state index contributed by atoms with van der Waals surface area (Å²) in [4.78, 5) is -0.390. The van der Waals surface area contributed by atoms with Crippen LogP contribution in [0.3, 0.4) is 0 Å². The Morgan fingerprint density at radius 1 is 1.22 bits per heavy atom. The predicted octanol–water partition coefficient (Wildman–Crippen LogP) is 2.29. The lowest BCUT2D eigenvalue weighted by atomic mass is 10.2. The average Bonchev–Trinajstić information content (AvgIpc) is 2.41. The topological polar surface area (TPSA) is 67.4 Å². The highest BCUT2D eigenvalue weighted by molar-refractivity contribution is 7.89. The van der Waals surface area contributed by atoms with Crippen LogP contribution in [0.25, 0.3) is 0 Å². The summed E-state index contributed by atoms with van der Waals surface area (Å²) in [5.41, 5.74) is -1.00. The number of sulfonamides is 1. The molecule has 11 heteroatoms. The van der Waals surface area contributed by atoms with Gasteiger partial charge in [0.25, 0.3) is 0 Å². The van der Waals surface area contributed by atoms with E-state index in [4.69, 9.17) is 16.3 Å². The molecule has 0 unspecified atom stereocenters. The molecule has 0 amide bonds. The van der Waals surface area contributed by atoms with E-state index < -0.39 is 26.8 Å². The number of hydrogen-bond donors (Lipinski definition) is 2. The van der Waals surface area contributed by atoms with Crippen molar-refractivity contribution in [2.75, 3.05) is 33.4 Å². The van der Waals surface area contributed by atoms with Crippen LogP contribution < -0.4 is 10.0 Å². The summed E-state index contributed by atoms with van der Waals surface area (Å²) < 4.78 is 68.5. The van der Waals surface area contributed by atoms with Crippen molar-refractivity contribution in [3.8, 4) is 0 Å². The lowest BCUT2D eigenvalue weighted by Gasteiger charge is -2.11. The highest BCUT2D eigenvalue weighted by Crippen LogP contribution is 2.33. The summed E-state index contributed by atoms with van der Waals surface area (Å²) in [6, 6.07) is 2.11. The molecule has 0 aliphatic rings. The zero-order valence-corrected chi connectivity index (χ0v) is 14.5. The van der Waals surface area contributed by atoms with Crippen LogP contribution in [0.15, 0.2) is 23.1 Å². The molecular formula is C12H17Cl2F3N2O3S. The van der Waals surface area contributed by atoms with Crippen LogP contribution in [-0.2, 0) is 20.9 Å². The van der Waals surface area contributed by atoms with Crippen molar-refractivity contribution in [1.82, 2.24) is 10.0 Å². The van der Waals surface area contributed by atoms with Gasteiger partial charge in [-0.1, -0.05) is 11.6 Å². The Morgan fingerprint density at radius 2 is 1.87 bits per heavy atom. The van der Waals surface area contributed by atoms with E-state index in [0.717, 1.165) is 6.07 Å². The van der Waals surface area contributed by atoms with E-state index in [1.165, 1.54) is 7.11 Å². The molecule has 1 aromatic rings. The Hall–Kier alpha value is -0.580. The van der Waals surface area contributed by atoms with Crippen LogP contribution in [0.4, 0.5) is 13.2 Å². The first-order chi connectivity index (χ1) is 10.2. The summed E-state index contributed by atoms with van der Waals surface area (Å²) in [6.07, 6.45) is -4.58. The number of rotatable bonds is 8. The number of nitrogens with one attached hydrogen (secondary N) is 2. The van der Waals surface area contributed by atoms with Gasteiger partial charge < -0.3 is 10.1 Å².